The topological polar surface area (TPSA) is 34.2 Å². The maximum atomic E-state index is 6.43. The normalized spacial score (nSPS) is 11.6. The number of oxazole rings is 1. The highest BCUT2D eigenvalue weighted by molar-refractivity contribution is 6.14. The molecule has 0 saturated carbocycles. The quantitative estimate of drug-likeness (QED) is 0.173. The molecule has 4 heteroatoms. The standard InChI is InChI=1S/C51H33N3O/c1-3-13-37(14-4-1)51-52-50-48(55-51)31-26-36-16-11-21-46(49(36)50)53(41-27-24-35(25-28-41)39-23-22-34-12-7-8-15-38(34)32-39)42-29-30-44-43-19-9-10-20-45(43)54(47(44)33-42)40-17-5-2-6-18-40/h1-33H. The molecule has 0 aliphatic heterocycles. The number of hydrogen-bond donors (Lipinski definition) is 0. The first-order valence-corrected chi connectivity index (χ1v) is 18.6. The van der Waals surface area contributed by atoms with Gasteiger partial charge in [-0.3, -0.25) is 0 Å². The van der Waals surface area contributed by atoms with Crippen molar-refractivity contribution in [1.29, 1.82) is 0 Å². The van der Waals surface area contributed by atoms with E-state index in [0.717, 1.165) is 55.7 Å². The van der Waals surface area contributed by atoms with Crippen LogP contribution in [-0.4, -0.2) is 9.55 Å². The van der Waals surface area contributed by atoms with Crippen molar-refractivity contribution in [3.8, 4) is 28.3 Å². The molecule has 0 atom stereocenters. The van der Waals surface area contributed by atoms with Gasteiger partial charge in [0.05, 0.1) is 16.7 Å². The van der Waals surface area contributed by atoms with Crippen molar-refractivity contribution in [2.45, 2.75) is 0 Å². The molecule has 0 bridgehead atoms. The molecule has 0 amide bonds. The van der Waals surface area contributed by atoms with E-state index in [1.807, 2.05) is 36.4 Å². The fraction of sp³-hybridized carbons (Fsp3) is 0. The van der Waals surface area contributed by atoms with Gasteiger partial charge in [0, 0.05) is 38.8 Å². The monoisotopic (exact) mass is 703 g/mol. The fourth-order valence-electron chi connectivity index (χ4n) is 8.19. The van der Waals surface area contributed by atoms with Crippen LogP contribution in [0.5, 0.6) is 0 Å². The van der Waals surface area contributed by atoms with E-state index < -0.39 is 0 Å². The van der Waals surface area contributed by atoms with E-state index in [9.17, 15) is 0 Å². The van der Waals surface area contributed by atoms with E-state index in [1.165, 1.54) is 38.2 Å². The van der Waals surface area contributed by atoms with Gasteiger partial charge in [-0.15, -0.1) is 0 Å². The molecule has 258 valence electrons. The molecule has 11 rings (SSSR count). The van der Waals surface area contributed by atoms with Crippen molar-refractivity contribution in [3.63, 3.8) is 0 Å². The van der Waals surface area contributed by atoms with Crippen LogP contribution in [-0.2, 0) is 0 Å². The summed E-state index contributed by atoms with van der Waals surface area (Å²) >= 11 is 0. The van der Waals surface area contributed by atoms with Crippen molar-refractivity contribution in [2.75, 3.05) is 4.90 Å². The van der Waals surface area contributed by atoms with Crippen LogP contribution in [0.3, 0.4) is 0 Å². The Morgan fingerprint density at radius 3 is 1.96 bits per heavy atom. The number of nitrogens with zero attached hydrogens (tertiary/aromatic N) is 3. The van der Waals surface area contributed by atoms with E-state index in [2.05, 4.69) is 173 Å². The van der Waals surface area contributed by atoms with Crippen LogP contribution < -0.4 is 4.90 Å². The minimum Gasteiger partial charge on any atom is -0.436 e. The lowest BCUT2D eigenvalue weighted by Crippen LogP contribution is -2.11. The van der Waals surface area contributed by atoms with Gasteiger partial charge in [-0.1, -0.05) is 127 Å². The number of hydrogen-bond acceptors (Lipinski definition) is 3. The molecular formula is C51H33N3O. The minimum absolute atomic E-state index is 0.609. The predicted octanol–water partition coefficient (Wildman–Crippen LogP) is 14.0. The first-order chi connectivity index (χ1) is 27.3. The van der Waals surface area contributed by atoms with Gasteiger partial charge < -0.3 is 13.9 Å². The van der Waals surface area contributed by atoms with E-state index in [-0.39, 0.29) is 0 Å². The van der Waals surface area contributed by atoms with Gasteiger partial charge in [0.15, 0.2) is 5.58 Å². The Morgan fingerprint density at radius 2 is 1.11 bits per heavy atom. The molecular weight excluding hydrogens is 671 g/mol. The molecule has 0 fully saturated rings. The molecule has 9 aromatic carbocycles. The molecule has 2 aromatic heterocycles. The average Bonchev–Trinajstić information content (AvgIpc) is 3.84. The van der Waals surface area contributed by atoms with Gasteiger partial charge in [0.2, 0.25) is 5.89 Å². The average molecular weight is 704 g/mol. The third-order valence-electron chi connectivity index (χ3n) is 10.8. The van der Waals surface area contributed by atoms with Crippen LogP contribution in [0, 0.1) is 0 Å². The van der Waals surface area contributed by atoms with Gasteiger partial charge >= 0.3 is 0 Å². The highest BCUT2D eigenvalue weighted by Gasteiger charge is 2.22. The summed E-state index contributed by atoms with van der Waals surface area (Å²) in [5.41, 5.74) is 11.4. The summed E-state index contributed by atoms with van der Waals surface area (Å²) < 4.78 is 8.80. The molecule has 0 unspecified atom stereocenters. The second-order valence-electron chi connectivity index (χ2n) is 14.0. The third kappa shape index (κ3) is 5.19. The molecule has 0 aliphatic rings. The Morgan fingerprint density at radius 1 is 0.436 bits per heavy atom. The first kappa shape index (κ1) is 31.1. The summed E-state index contributed by atoms with van der Waals surface area (Å²) in [6.45, 7) is 0. The Balaban J connectivity index is 1.15. The molecule has 0 N–H and O–H groups in total. The zero-order valence-corrected chi connectivity index (χ0v) is 29.8. The van der Waals surface area contributed by atoms with Crippen LogP contribution in [0.1, 0.15) is 0 Å². The number of para-hydroxylation sites is 2. The fourth-order valence-corrected chi connectivity index (χ4v) is 8.19. The van der Waals surface area contributed by atoms with E-state index >= 15 is 0 Å². The summed E-state index contributed by atoms with van der Waals surface area (Å²) in [6, 6.07) is 71.1. The van der Waals surface area contributed by atoms with Crippen molar-refractivity contribution >= 4 is 71.5 Å². The number of fused-ring (bicyclic) bond motifs is 7. The Kier molecular flexibility index (Phi) is 7.14. The molecule has 55 heavy (non-hydrogen) atoms. The maximum absolute atomic E-state index is 6.43. The van der Waals surface area contributed by atoms with Gasteiger partial charge in [-0.25, -0.2) is 4.98 Å². The zero-order valence-electron chi connectivity index (χ0n) is 29.8. The number of aromatic nitrogens is 2. The second kappa shape index (κ2) is 12.6. The van der Waals surface area contributed by atoms with Gasteiger partial charge in [0.1, 0.15) is 5.52 Å². The zero-order chi connectivity index (χ0) is 36.3. The molecule has 4 nitrogen and oxygen atoms in total. The summed E-state index contributed by atoms with van der Waals surface area (Å²) in [5, 5.41) is 7.03. The highest BCUT2D eigenvalue weighted by atomic mass is 16.3. The van der Waals surface area contributed by atoms with Gasteiger partial charge in [-0.05, 0) is 100 Å². The lowest BCUT2D eigenvalue weighted by atomic mass is 10.0. The highest BCUT2D eigenvalue weighted by Crippen LogP contribution is 2.44. The smallest absolute Gasteiger partial charge is 0.227 e. The van der Waals surface area contributed by atoms with Crippen molar-refractivity contribution < 1.29 is 4.42 Å². The molecule has 0 saturated heterocycles. The molecule has 0 spiro atoms. The maximum Gasteiger partial charge on any atom is 0.227 e. The first-order valence-electron chi connectivity index (χ1n) is 18.6. The molecule has 0 radical (unpaired) electrons. The SMILES string of the molecule is c1ccc(-c2nc3c(ccc4cccc(N(c5ccc(-c6ccc7ccccc7c6)cc5)c5ccc6c7ccccc7n(-c7ccccc7)c6c5)c43)o2)cc1. The van der Waals surface area contributed by atoms with Crippen LogP contribution >= 0.6 is 0 Å². The van der Waals surface area contributed by atoms with Gasteiger partial charge in [0.25, 0.3) is 0 Å². The van der Waals surface area contributed by atoms with Crippen molar-refractivity contribution in [3.05, 3.63) is 200 Å². The molecule has 0 aliphatic carbocycles. The van der Waals surface area contributed by atoms with Gasteiger partial charge in [-0.2, -0.15) is 0 Å². The van der Waals surface area contributed by atoms with E-state index in [4.69, 9.17) is 9.40 Å². The van der Waals surface area contributed by atoms with E-state index in [1.54, 1.807) is 0 Å². The Hall–Kier alpha value is -7.43. The predicted molar refractivity (Wildman–Crippen MR) is 229 cm³/mol. The minimum atomic E-state index is 0.609. The summed E-state index contributed by atoms with van der Waals surface area (Å²) in [5.74, 6) is 0.609. The third-order valence-corrected chi connectivity index (χ3v) is 10.8. The number of rotatable bonds is 6. The number of anilines is 3. The van der Waals surface area contributed by atoms with E-state index in [0.29, 0.717) is 5.89 Å². The lowest BCUT2D eigenvalue weighted by molar-refractivity contribution is 0.620. The van der Waals surface area contributed by atoms with Crippen molar-refractivity contribution in [1.82, 2.24) is 9.55 Å². The Bertz CT molecular complexity index is 3200. The summed E-state index contributed by atoms with van der Waals surface area (Å²) in [7, 11) is 0. The molecule has 2 heterocycles. The largest absolute Gasteiger partial charge is 0.436 e. The summed E-state index contributed by atoms with van der Waals surface area (Å²) in [4.78, 5) is 7.53. The van der Waals surface area contributed by atoms with Crippen LogP contribution in [0.4, 0.5) is 17.1 Å². The Labute approximate surface area is 317 Å². The number of benzene rings is 9. The lowest BCUT2D eigenvalue weighted by Gasteiger charge is -2.27. The van der Waals surface area contributed by atoms with Crippen LogP contribution in [0.2, 0.25) is 0 Å². The molecule has 11 aromatic rings. The second-order valence-corrected chi connectivity index (χ2v) is 14.0. The summed E-state index contributed by atoms with van der Waals surface area (Å²) in [6.07, 6.45) is 0. The van der Waals surface area contributed by atoms with Crippen LogP contribution in [0.25, 0.3) is 82.7 Å². The van der Waals surface area contributed by atoms with Crippen molar-refractivity contribution in [2.24, 2.45) is 0 Å². The van der Waals surface area contributed by atoms with Crippen LogP contribution in [0.15, 0.2) is 205 Å².